The Hall–Kier alpha value is -3.12. The Morgan fingerprint density at radius 2 is 1.62 bits per heavy atom. The molecule has 0 unspecified atom stereocenters. The van der Waals surface area contributed by atoms with E-state index in [2.05, 4.69) is 17.1 Å². The van der Waals surface area contributed by atoms with Gasteiger partial charge in [-0.05, 0) is 47.2 Å². The minimum atomic E-state index is -0.597. The van der Waals surface area contributed by atoms with Crippen LogP contribution in [-0.2, 0) is 24.1 Å². The van der Waals surface area contributed by atoms with Crippen molar-refractivity contribution >= 4 is 0 Å². The number of aryl methyl sites for hydroxylation is 2. The molecule has 45 heavy (non-hydrogen) atoms. The molecule has 1 fully saturated rings. The van der Waals surface area contributed by atoms with Crippen molar-refractivity contribution < 1.29 is 66.8 Å². The molecule has 0 bridgehead atoms. The number of nitrogens with zero attached hydrogens (tertiary/aromatic N) is 3. The Balaban J connectivity index is 0.00000240. The van der Waals surface area contributed by atoms with Gasteiger partial charge in [0.1, 0.15) is 17.7 Å². The number of ether oxygens (including phenoxy) is 2. The molecule has 0 atom stereocenters. The summed E-state index contributed by atoms with van der Waals surface area (Å²) in [5, 5.41) is 3.86. The molecule has 1 N–H and O–H groups in total. The van der Waals surface area contributed by atoms with E-state index in [0.717, 1.165) is 77.6 Å². The van der Waals surface area contributed by atoms with Gasteiger partial charge in [-0.3, -0.25) is 18.9 Å². The fourth-order valence-corrected chi connectivity index (χ4v) is 5.72. The summed E-state index contributed by atoms with van der Waals surface area (Å²) in [7, 11) is 0. The van der Waals surface area contributed by atoms with Gasteiger partial charge in [0.25, 0.3) is 5.56 Å². The monoisotopic (exact) mass is 632 g/mol. The van der Waals surface area contributed by atoms with Crippen molar-refractivity contribution in [3.05, 3.63) is 111 Å². The van der Waals surface area contributed by atoms with E-state index in [4.69, 9.17) is 19.0 Å². The summed E-state index contributed by atoms with van der Waals surface area (Å²) in [5.74, 6) is 1.37. The third kappa shape index (κ3) is 7.65. The second-order valence-electron chi connectivity index (χ2n) is 11.0. The van der Waals surface area contributed by atoms with Crippen molar-refractivity contribution in [3.63, 3.8) is 0 Å². The second-order valence-corrected chi connectivity index (χ2v) is 11.0. The van der Waals surface area contributed by atoms with Crippen LogP contribution in [-0.4, -0.2) is 39.0 Å². The zero-order valence-corrected chi connectivity index (χ0v) is 29.2. The van der Waals surface area contributed by atoms with Gasteiger partial charge in [0, 0.05) is 24.8 Å². The molecule has 0 saturated carbocycles. The molecule has 5 aromatic rings. The van der Waals surface area contributed by atoms with E-state index in [1.165, 1.54) is 0 Å². The van der Waals surface area contributed by atoms with Crippen molar-refractivity contribution in [2.75, 3.05) is 13.2 Å². The molecule has 1 aliphatic heterocycles. The summed E-state index contributed by atoms with van der Waals surface area (Å²) < 4.78 is 18.1. The summed E-state index contributed by atoms with van der Waals surface area (Å²) in [5.41, 5.74) is 5.86. The van der Waals surface area contributed by atoms with E-state index in [0.29, 0.717) is 30.8 Å². The van der Waals surface area contributed by atoms with E-state index in [-0.39, 0.29) is 64.5 Å². The standard InChI is InChI=1S/C35H36N4O5.K.H/c1-3-7-31-36-30(4-2)32(25-14-16-26(17-15-25)43-27-18-20-42-21-19-27)34(40)39(31)22-23-10-12-24(13-11-23)28-8-5-6-9-29(28)33-37-35(41)44-38-33;;/h5-6,8-17,27H,3-4,7,18-22H2,1-2H3,(H,37,38,41);;/q;+1;-1. The molecule has 0 radical (unpaired) electrons. The molecule has 0 amide bonds. The summed E-state index contributed by atoms with van der Waals surface area (Å²) in [6.45, 7) is 5.99. The molecule has 1 saturated heterocycles. The van der Waals surface area contributed by atoms with Gasteiger partial charge in [-0.15, -0.1) is 0 Å². The van der Waals surface area contributed by atoms with Gasteiger partial charge in [0.2, 0.25) is 0 Å². The topological polar surface area (TPSA) is 112 Å². The Morgan fingerprint density at radius 3 is 2.27 bits per heavy atom. The van der Waals surface area contributed by atoms with E-state index in [1.54, 1.807) is 0 Å². The largest absolute Gasteiger partial charge is 1.00 e. The summed E-state index contributed by atoms with van der Waals surface area (Å²) in [6.07, 6.45) is 4.16. The van der Waals surface area contributed by atoms with Gasteiger partial charge < -0.3 is 10.9 Å². The van der Waals surface area contributed by atoms with Crippen molar-refractivity contribution in [1.29, 1.82) is 0 Å². The first-order chi connectivity index (χ1) is 21.5. The third-order valence-corrected chi connectivity index (χ3v) is 7.97. The first-order valence-corrected chi connectivity index (χ1v) is 15.3. The predicted octanol–water partition coefficient (Wildman–Crippen LogP) is 3.16. The van der Waals surface area contributed by atoms with Crippen LogP contribution in [0.5, 0.6) is 5.75 Å². The Bertz CT molecular complexity index is 1850. The molecule has 1 aliphatic rings. The van der Waals surface area contributed by atoms with Gasteiger partial charge >= 0.3 is 57.1 Å². The Labute approximate surface area is 305 Å². The first-order valence-electron chi connectivity index (χ1n) is 15.3. The van der Waals surface area contributed by atoms with E-state index >= 15 is 0 Å². The molecule has 2 aromatic heterocycles. The maximum atomic E-state index is 14.2. The molecular weight excluding hydrogens is 596 g/mol. The maximum Gasteiger partial charge on any atom is 1.00 e. The molecule has 6 rings (SSSR count). The van der Waals surface area contributed by atoms with Crippen LogP contribution in [0.3, 0.4) is 0 Å². The molecule has 0 aliphatic carbocycles. The predicted molar refractivity (Wildman–Crippen MR) is 170 cm³/mol. The molecule has 9 nitrogen and oxygen atoms in total. The van der Waals surface area contributed by atoms with Crippen molar-refractivity contribution in [2.45, 2.75) is 58.6 Å². The third-order valence-electron chi connectivity index (χ3n) is 7.97. The molecule has 3 heterocycles. The summed E-state index contributed by atoms with van der Waals surface area (Å²) in [6, 6.07) is 23.6. The number of benzene rings is 3. The van der Waals surface area contributed by atoms with Crippen LogP contribution in [0.25, 0.3) is 33.6 Å². The van der Waals surface area contributed by atoms with Gasteiger partial charge in [0.15, 0.2) is 5.82 Å². The molecule has 0 spiro atoms. The number of rotatable bonds is 10. The van der Waals surface area contributed by atoms with Crippen LogP contribution in [0, 0.1) is 0 Å². The fourth-order valence-electron chi connectivity index (χ4n) is 5.72. The minimum Gasteiger partial charge on any atom is -1.00 e. The maximum absolute atomic E-state index is 14.2. The fraction of sp³-hybridized carbons (Fsp3) is 0.314. The first kappa shape index (κ1) is 33.2. The average Bonchev–Trinajstić information content (AvgIpc) is 3.50. The van der Waals surface area contributed by atoms with Gasteiger partial charge in [-0.2, -0.15) is 0 Å². The Morgan fingerprint density at radius 1 is 0.933 bits per heavy atom. The quantitative estimate of drug-likeness (QED) is 0.236. The zero-order chi connectivity index (χ0) is 30.5. The van der Waals surface area contributed by atoms with Gasteiger partial charge in [-0.25, -0.2) is 9.78 Å². The smallest absolute Gasteiger partial charge is 1.00 e. The minimum absolute atomic E-state index is 0. The summed E-state index contributed by atoms with van der Waals surface area (Å²) >= 11 is 0. The van der Waals surface area contributed by atoms with Crippen LogP contribution >= 0.6 is 0 Å². The SMILES string of the molecule is CCCc1nc(CC)c(-c2ccc(OC3CCOCC3)cc2)c(=O)n1Cc1ccc(-c2ccccc2-c2noc(=O)[nH]2)cc1.[H-].[K+]. The number of aromatic nitrogens is 4. The van der Waals surface area contributed by atoms with Crippen LogP contribution < -0.4 is 67.4 Å². The number of hydrogen-bond acceptors (Lipinski definition) is 7. The van der Waals surface area contributed by atoms with Crippen LogP contribution in [0.15, 0.2) is 86.9 Å². The zero-order valence-electron chi connectivity index (χ0n) is 27.0. The van der Waals surface area contributed by atoms with Crippen molar-refractivity contribution in [1.82, 2.24) is 19.7 Å². The molecule has 3 aromatic carbocycles. The molecule has 228 valence electrons. The van der Waals surface area contributed by atoms with Crippen molar-refractivity contribution in [2.24, 2.45) is 0 Å². The van der Waals surface area contributed by atoms with Crippen LogP contribution in [0.1, 0.15) is 51.6 Å². The number of H-pyrrole nitrogens is 1. The number of nitrogens with one attached hydrogen (secondary N) is 1. The van der Waals surface area contributed by atoms with Gasteiger partial charge in [-0.1, -0.05) is 79.7 Å². The molecular formula is C35H37KN4O5. The van der Waals surface area contributed by atoms with E-state index < -0.39 is 5.76 Å². The van der Waals surface area contributed by atoms with E-state index in [1.807, 2.05) is 84.3 Å². The van der Waals surface area contributed by atoms with Crippen molar-refractivity contribution in [3.8, 4) is 39.4 Å². The second kappa shape index (κ2) is 15.4. The Kier molecular flexibility index (Phi) is 11.4. The molecule has 10 heteroatoms. The average molecular weight is 633 g/mol. The summed E-state index contributed by atoms with van der Waals surface area (Å²) in [4.78, 5) is 33.4. The van der Waals surface area contributed by atoms with Crippen LogP contribution in [0.4, 0.5) is 0 Å². The number of aromatic amines is 1. The normalized spacial score (nSPS) is 13.4. The van der Waals surface area contributed by atoms with Crippen LogP contribution in [0.2, 0.25) is 0 Å². The van der Waals surface area contributed by atoms with Gasteiger partial charge in [0.05, 0.1) is 31.0 Å². The van der Waals surface area contributed by atoms with E-state index in [9.17, 15) is 9.59 Å². The number of hydrogen-bond donors (Lipinski definition) is 1.